The third-order valence-electron chi connectivity index (χ3n) is 17.1. The van der Waals surface area contributed by atoms with Gasteiger partial charge in [-0.05, 0) is 198 Å². The summed E-state index contributed by atoms with van der Waals surface area (Å²) in [6.07, 6.45) is -3.56. The Morgan fingerprint density at radius 1 is 0.206 bits per heavy atom. The second kappa shape index (κ2) is 33.0. The van der Waals surface area contributed by atoms with E-state index in [2.05, 4.69) is 0 Å². The fourth-order valence-electron chi connectivity index (χ4n) is 11.2. The Morgan fingerprint density at radius 3 is 0.722 bits per heavy atom. The highest BCUT2D eigenvalue weighted by Gasteiger charge is 2.70. The first-order chi connectivity index (χ1) is 55.8. The van der Waals surface area contributed by atoms with Gasteiger partial charge in [0, 0.05) is 89.3 Å². The Kier molecular flexibility index (Phi) is 28.0. The van der Waals surface area contributed by atoms with Gasteiger partial charge in [-0.1, -0.05) is 300 Å². The van der Waals surface area contributed by atoms with Crippen LogP contribution < -0.4 is 0 Å². The zero-order valence-corrected chi connectivity index (χ0v) is 73.7. The van der Waals surface area contributed by atoms with Gasteiger partial charge in [-0.2, -0.15) is 0 Å². The maximum atomic E-state index is 13.0. The van der Waals surface area contributed by atoms with Crippen LogP contribution in [0.4, 0.5) is 117 Å². The third kappa shape index (κ3) is 35.0. The first-order valence-electron chi connectivity index (χ1n) is 34.8. The number of halogens is 36. The predicted molar refractivity (Wildman–Crippen MR) is 444 cm³/mol. The van der Waals surface area contributed by atoms with Gasteiger partial charge in [-0.15, -0.1) is 0 Å². The van der Waals surface area contributed by atoms with E-state index in [-0.39, 0.29) is 120 Å². The highest BCUT2D eigenvalue weighted by Crippen LogP contribution is 3.06. The lowest BCUT2D eigenvalue weighted by atomic mass is 10.0. The molecule has 0 radical (unpaired) electrons. The number of hydrogen-bond donors (Lipinski definition) is 0. The number of aryl methyl sites for hydroxylation is 4. The molecule has 0 unspecified atom stereocenters. The normalized spacial score (nSPS) is 15.4. The van der Waals surface area contributed by atoms with Crippen LogP contribution in [0.15, 0.2) is 236 Å². The molecule has 0 aliphatic heterocycles. The minimum Gasteiger partial charge on any atom is -0.299 e. The van der Waals surface area contributed by atoms with Crippen molar-refractivity contribution in [3.63, 3.8) is 0 Å². The van der Waals surface area contributed by atoms with Crippen LogP contribution in [-0.4, -0.2) is 28.9 Å². The molecule has 0 N–H and O–H groups in total. The summed E-state index contributed by atoms with van der Waals surface area (Å²) in [4.78, 5) is 47.3. The Hall–Kier alpha value is -7.71. The highest BCUT2D eigenvalue weighted by atomic mass is 35.5. The third-order valence-corrected chi connectivity index (χ3v) is 26.4. The van der Waals surface area contributed by atoms with Gasteiger partial charge in [-0.3, -0.25) is 24.0 Å². The van der Waals surface area contributed by atoms with Crippen molar-refractivity contribution >= 4 is 160 Å². The van der Waals surface area contributed by atoms with Gasteiger partial charge in [0.1, 0.15) is 58.3 Å². The molecule has 0 fully saturated rings. The molecule has 10 aromatic carbocycles. The van der Waals surface area contributed by atoms with E-state index in [4.69, 9.17) is 69.6 Å². The van der Waals surface area contributed by atoms with Gasteiger partial charge < -0.3 is 0 Å². The molecular formula is C79H66Cl6F30O5S6. The molecule has 10 aromatic rings. The van der Waals surface area contributed by atoms with Crippen molar-refractivity contribution < 1.29 is 141 Å². The molecule has 0 amide bonds. The van der Waals surface area contributed by atoms with Gasteiger partial charge >= 0.3 is 61.3 Å². The molecule has 0 saturated carbocycles. The molecule has 0 saturated heterocycles. The quantitative estimate of drug-likeness (QED) is 0.0504. The standard InChI is InChI=1S/2C16H13Cl2F5OS.2C16H15F5OS.C15H10Cl2F10OS2/c1-10-6-11(2-4-15(10)17)7-13(24)8-12-9-14(3-5-16(12)18)25(19,20,21,22)23;1-10-6-11(2-4-14(10)17)7-13(24)8-12-3-5-15(18)16(9-12)25(19,20,21,22)23;1-12-4-2-5-13(8-12)9-15(22)10-14-6-3-7-16(11-14)23(17,18,19,20)21;1-12-5-7-13(8-6-12)9-15(22)10-14-3-2-4-16(11-14)23(17,18,19,20)21;16-14-3-1-12(29(18,19,20,21)22)7-9(14)5-11(28)6-10-8-13(2-4-15(10)17)30(23,24,25,26)27/h2*2-6,9H,7-8H2,1H3;2*2-8,11H,9-10H2,1H3;1-4,7-8H,5-6H2. The van der Waals surface area contributed by atoms with E-state index in [0.717, 1.165) is 63.7 Å². The van der Waals surface area contributed by atoms with E-state index in [0.29, 0.717) is 57.6 Å². The Labute approximate surface area is 730 Å². The average molecular weight is 2070 g/mol. The van der Waals surface area contributed by atoms with Crippen LogP contribution in [0.5, 0.6) is 0 Å². The minimum atomic E-state index is -10.1. The number of rotatable bonds is 26. The largest absolute Gasteiger partial charge is 0.311 e. The van der Waals surface area contributed by atoms with E-state index in [1.165, 1.54) is 12.1 Å². The Bertz CT molecular complexity index is 5850. The smallest absolute Gasteiger partial charge is 0.299 e. The lowest BCUT2D eigenvalue weighted by Gasteiger charge is -2.41. The number of ketones is 5. The molecular weight excluding hydrogens is 2000 g/mol. The number of hydrogen-bond acceptors (Lipinski definition) is 5. The summed E-state index contributed by atoms with van der Waals surface area (Å²) in [6, 6.07) is 33.9. The van der Waals surface area contributed by atoms with Gasteiger partial charge in [0.25, 0.3) is 0 Å². The van der Waals surface area contributed by atoms with Gasteiger partial charge in [0.15, 0.2) is 0 Å². The van der Waals surface area contributed by atoms with Crippen LogP contribution in [0.25, 0.3) is 0 Å². The maximum absolute atomic E-state index is 13.0. The molecule has 0 spiro atoms. The summed E-state index contributed by atoms with van der Waals surface area (Å²) in [5, 5.41) is -1.20. The topological polar surface area (TPSA) is 85.3 Å². The van der Waals surface area contributed by atoms with E-state index in [9.17, 15) is 141 Å². The highest BCUT2D eigenvalue weighted by molar-refractivity contribution is 8.47. The van der Waals surface area contributed by atoms with Crippen molar-refractivity contribution in [2.75, 3.05) is 0 Å². The van der Waals surface area contributed by atoms with Crippen LogP contribution in [0, 0.1) is 27.7 Å². The van der Waals surface area contributed by atoms with E-state index in [1.807, 2.05) is 32.0 Å². The molecule has 700 valence electrons. The molecule has 47 heteroatoms. The fourth-order valence-corrected chi connectivity index (χ4v) is 16.9. The first-order valence-corrected chi connectivity index (χ1v) is 48.8. The Balaban J connectivity index is 0.000000244. The zero-order valence-electron chi connectivity index (χ0n) is 64.3. The van der Waals surface area contributed by atoms with Crippen molar-refractivity contribution in [2.24, 2.45) is 0 Å². The lowest BCUT2D eigenvalue weighted by Crippen LogP contribution is -2.11. The van der Waals surface area contributed by atoms with Crippen LogP contribution in [0.3, 0.4) is 0 Å². The van der Waals surface area contributed by atoms with Gasteiger partial charge in [0.05, 0.1) is 5.02 Å². The second-order valence-corrected chi connectivity index (χ2v) is 45.6. The summed E-state index contributed by atoms with van der Waals surface area (Å²) >= 11 is 34.0. The molecule has 0 bridgehead atoms. The second-order valence-electron chi connectivity index (χ2n) is 28.7. The van der Waals surface area contributed by atoms with E-state index < -0.39 is 160 Å². The van der Waals surface area contributed by atoms with Crippen LogP contribution >= 0.6 is 131 Å². The molecule has 0 aromatic heterocycles. The molecule has 0 aliphatic carbocycles. The summed E-state index contributed by atoms with van der Waals surface area (Å²) < 4.78 is 386. The monoisotopic (exact) mass is 2070 g/mol. The molecule has 0 heterocycles. The molecule has 0 atom stereocenters. The first kappa shape index (κ1) is 107. The van der Waals surface area contributed by atoms with Crippen molar-refractivity contribution in [1.82, 2.24) is 0 Å². The van der Waals surface area contributed by atoms with Crippen molar-refractivity contribution in [3.05, 3.63) is 314 Å². The Morgan fingerprint density at radius 2 is 0.437 bits per heavy atom. The van der Waals surface area contributed by atoms with E-state index >= 15 is 0 Å². The number of carbonyl (C=O) groups is 5. The van der Waals surface area contributed by atoms with Crippen molar-refractivity contribution in [3.8, 4) is 0 Å². The van der Waals surface area contributed by atoms with Crippen molar-refractivity contribution in [1.29, 1.82) is 0 Å². The SMILES string of the molecule is Cc1cc(CC(=O)Cc2cc(S(F)(F)(F)(F)F)ccc2Cl)ccc1Cl.Cc1cc(CC(=O)Cc2ccc(Cl)c(S(F)(F)(F)(F)F)c2)ccc1Cl.Cc1ccc(CC(=O)Cc2cccc(S(F)(F)(F)(F)F)c2)cc1.Cc1cccc(CC(=O)Cc2cccc(S(F)(F)(F)(F)F)c2)c1.O=C(Cc1cc(S(F)(F)(F)(F)F)ccc1Cl)Cc1cc(S(F)(F)(F)(F)F)ccc1Cl. The lowest BCUT2D eigenvalue weighted by molar-refractivity contribution is -0.118. The van der Waals surface area contributed by atoms with Crippen LogP contribution in [0.1, 0.15) is 77.9 Å². The van der Waals surface area contributed by atoms with E-state index in [1.54, 1.807) is 80.6 Å². The molecule has 126 heavy (non-hydrogen) atoms. The van der Waals surface area contributed by atoms with Crippen molar-refractivity contribution in [2.45, 2.75) is 121 Å². The molecule has 0 aliphatic rings. The summed E-state index contributed by atoms with van der Waals surface area (Å²) in [7, 11) is -59.3. The van der Waals surface area contributed by atoms with Crippen LogP contribution in [0.2, 0.25) is 30.1 Å². The van der Waals surface area contributed by atoms with Gasteiger partial charge in [-0.25, -0.2) is 0 Å². The van der Waals surface area contributed by atoms with Gasteiger partial charge in [0.2, 0.25) is 0 Å². The van der Waals surface area contributed by atoms with Crippen LogP contribution in [-0.2, 0) is 88.2 Å². The number of carbonyl (C=O) groups excluding carboxylic acids is 5. The molecule has 5 nitrogen and oxygen atoms in total. The average Bonchev–Trinajstić information content (AvgIpc) is 0.730. The molecule has 10 rings (SSSR count). The number of Topliss-reactive ketones (excluding diaryl/α,β-unsaturated/α-hetero) is 5. The predicted octanol–water partition coefficient (Wildman–Crippen LogP) is 36.3. The summed E-state index contributed by atoms with van der Waals surface area (Å²) in [5.74, 6) is -2.65. The zero-order chi connectivity index (χ0) is 96.5. The summed E-state index contributed by atoms with van der Waals surface area (Å²) in [5.41, 5.74) is 4.22. The maximum Gasteiger partial charge on any atom is 0.311 e. The number of benzene rings is 10. The fraction of sp³-hybridized carbons (Fsp3) is 0.177. The summed E-state index contributed by atoms with van der Waals surface area (Å²) in [6.45, 7) is 7.23. The minimum absolute atomic E-state index is 0.0207.